The lowest BCUT2D eigenvalue weighted by atomic mass is 9.95. The van der Waals surface area contributed by atoms with Crippen LogP contribution in [0, 0.1) is 0 Å². The molecule has 18 heavy (non-hydrogen) atoms. The molecule has 0 saturated heterocycles. The van der Waals surface area contributed by atoms with Crippen molar-refractivity contribution in [1.29, 1.82) is 0 Å². The van der Waals surface area contributed by atoms with Gasteiger partial charge in [-0.25, -0.2) is 0 Å². The average molecular weight is 267 g/mol. The van der Waals surface area contributed by atoms with Gasteiger partial charge in [-0.1, -0.05) is 18.5 Å². The number of amides is 1. The zero-order valence-corrected chi connectivity index (χ0v) is 11.4. The van der Waals surface area contributed by atoms with Crippen molar-refractivity contribution < 1.29 is 4.79 Å². The number of anilines is 1. The largest absolute Gasteiger partial charge is 0.330 e. The lowest BCUT2D eigenvalue weighted by Gasteiger charge is -2.10. The van der Waals surface area contributed by atoms with Crippen molar-refractivity contribution >= 4 is 23.2 Å². The quantitative estimate of drug-likeness (QED) is 0.805. The molecule has 1 aliphatic heterocycles. The Morgan fingerprint density at radius 3 is 2.83 bits per heavy atom. The van der Waals surface area contributed by atoms with E-state index in [1.54, 1.807) is 0 Å². The molecule has 3 nitrogen and oxygen atoms in total. The van der Waals surface area contributed by atoms with Crippen LogP contribution in [0.3, 0.4) is 0 Å². The second kappa shape index (κ2) is 5.72. The van der Waals surface area contributed by atoms with E-state index in [0.29, 0.717) is 11.6 Å². The standard InChI is InChI=1S/C14H19ClN2O/c1-2-11-12-8-10(15)7-9(5-3-4-6-16)13(12)17-14(11)18/h7-8,11H,2-6,16H2,1H3,(H,17,18). The van der Waals surface area contributed by atoms with Gasteiger partial charge in [0.2, 0.25) is 5.91 Å². The van der Waals surface area contributed by atoms with Gasteiger partial charge in [-0.15, -0.1) is 0 Å². The van der Waals surface area contributed by atoms with E-state index in [0.717, 1.165) is 42.5 Å². The summed E-state index contributed by atoms with van der Waals surface area (Å²) in [6.45, 7) is 2.72. The Balaban J connectivity index is 2.30. The molecule has 98 valence electrons. The van der Waals surface area contributed by atoms with Crippen LogP contribution in [0.25, 0.3) is 0 Å². The Labute approximate surface area is 113 Å². The van der Waals surface area contributed by atoms with Crippen molar-refractivity contribution in [3.63, 3.8) is 0 Å². The second-order valence-electron chi connectivity index (χ2n) is 4.73. The van der Waals surface area contributed by atoms with Gasteiger partial charge in [-0.2, -0.15) is 0 Å². The van der Waals surface area contributed by atoms with E-state index in [2.05, 4.69) is 5.32 Å². The van der Waals surface area contributed by atoms with Gasteiger partial charge in [0.1, 0.15) is 0 Å². The molecule has 0 saturated carbocycles. The number of carbonyl (C=O) groups excluding carboxylic acids is 1. The van der Waals surface area contributed by atoms with Crippen molar-refractivity contribution in [3.8, 4) is 0 Å². The number of nitrogens with two attached hydrogens (primary N) is 1. The van der Waals surface area contributed by atoms with Crippen LogP contribution in [0.4, 0.5) is 5.69 Å². The van der Waals surface area contributed by atoms with Gasteiger partial charge in [0.25, 0.3) is 0 Å². The maximum atomic E-state index is 11.9. The molecule has 1 unspecified atom stereocenters. The number of carbonyl (C=O) groups is 1. The monoisotopic (exact) mass is 266 g/mol. The molecule has 1 atom stereocenters. The number of nitrogens with one attached hydrogen (secondary N) is 1. The van der Waals surface area contributed by atoms with Crippen LogP contribution in [0.15, 0.2) is 12.1 Å². The molecule has 1 aromatic carbocycles. The van der Waals surface area contributed by atoms with E-state index in [4.69, 9.17) is 17.3 Å². The van der Waals surface area contributed by atoms with Crippen LogP contribution in [0.5, 0.6) is 0 Å². The van der Waals surface area contributed by atoms with E-state index in [1.807, 2.05) is 19.1 Å². The van der Waals surface area contributed by atoms with Gasteiger partial charge in [0, 0.05) is 10.7 Å². The number of aryl methyl sites for hydroxylation is 1. The molecule has 0 aromatic heterocycles. The first-order valence-corrected chi connectivity index (χ1v) is 6.88. The fourth-order valence-corrected chi connectivity index (χ4v) is 2.78. The Kier molecular flexibility index (Phi) is 4.25. The minimum atomic E-state index is -0.0491. The van der Waals surface area contributed by atoms with Crippen LogP contribution < -0.4 is 11.1 Å². The topological polar surface area (TPSA) is 55.1 Å². The van der Waals surface area contributed by atoms with E-state index in [-0.39, 0.29) is 11.8 Å². The van der Waals surface area contributed by atoms with Crippen molar-refractivity contribution in [2.45, 2.75) is 38.5 Å². The van der Waals surface area contributed by atoms with Gasteiger partial charge in [-0.3, -0.25) is 4.79 Å². The predicted octanol–water partition coefficient (Wildman–Crippen LogP) is 3.07. The second-order valence-corrected chi connectivity index (χ2v) is 5.16. The molecule has 3 N–H and O–H groups in total. The lowest BCUT2D eigenvalue weighted by Crippen LogP contribution is -2.11. The zero-order valence-electron chi connectivity index (χ0n) is 10.6. The van der Waals surface area contributed by atoms with Crippen molar-refractivity contribution in [1.82, 2.24) is 0 Å². The van der Waals surface area contributed by atoms with Crippen LogP contribution in [-0.4, -0.2) is 12.5 Å². The van der Waals surface area contributed by atoms with Gasteiger partial charge in [0.15, 0.2) is 0 Å². The molecular formula is C14H19ClN2O. The van der Waals surface area contributed by atoms with Gasteiger partial charge >= 0.3 is 0 Å². The third-order valence-electron chi connectivity index (χ3n) is 3.46. The van der Waals surface area contributed by atoms with E-state index in [1.165, 1.54) is 0 Å². The van der Waals surface area contributed by atoms with Gasteiger partial charge in [0.05, 0.1) is 5.92 Å². The summed E-state index contributed by atoms with van der Waals surface area (Å²) >= 11 is 6.15. The Morgan fingerprint density at radius 2 is 2.17 bits per heavy atom. The number of benzene rings is 1. The Morgan fingerprint density at radius 1 is 1.39 bits per heavy atom. The third-order valence-corrected chi connectivity index (χ3v) is 3.68. The molecule has 0 radical (unpaired) electrons. The number of fused-ring (bicyclic) bond motifs is 1. The van der Waals surface area contributed by atoms with Crippen molar-refractivity contribution in [2.75, 3.05) is 11.9 Å². The SMILES string of the molecule is CCC1C(=O)Nc2c(CCCCN)cc(Cl)cc21. The van der Waals surface area contributed by atoms with Crippen LogP contribution in [0.2, 0.25) is 5.02 Å². The normalized spacial score (nSPS) is 17.7. The lowest BCUT2D eigenvalue weighted by molar-refractivity contribution is -0.117. The van der Waals surface area contributed by atoms with Crippen molar-refractivity contribution in [2.24, 2.45) is 5.73 Å². The average Bonchev–Trinajstić information content (AvgIpc) is 2.65. The highest BCUT2D eigenvalue weighted by molar-refractivity contribution is 6.31. The van der Waals surface area contributed by atoms with E-state index >= 15 is 0 Å². The van der Waals surface area contributed by atoms with E-state index in [9.17, 15) is 4.79 Å². The number of hydrogen-bond acceptors (Lipinski definition) is 2. The summed E-state index contributed by atoms with van der Waals surface area (Å²) in [6, 6.07) is 3.87. The fraction of sp³-hybridized carbons (Fsp3) is 0.500. The third kappa shape index (κ3) is 2.52. The molecule has 0 fully saturated rings. The fourth-order valence-electron chi connectivity index (χ4n) is 2.53. The first-order valence-electron chi connectivity index (χ1n) is 6.50. The highest BCUT2D eigenvalue weighted by Gasteiger charge is 2.30. The van der Waals surface area contributed by atoms with Crippen molar-refractivity contribution in [3.05, 3.63) is 28.3 Å². The summed E-state index contributed by atoms with van der Waals surface area (Å²) in [5, 5.41) is 3.71. The molecular weight excluding hydrogens is 248 g/mol. The predicted molar refractivity (Wildman–Crippen MR) is 75.1 cm³/mol. The smallest absolute Gasteiger partial charge is 0.232 e. The Hall–Kier alpha value is -1.06. The molecule has 0 aliphatic carbocycles. The molecule has 1 aromatic rings. The van der Waals surface area contributed by atoms with Crippen LogP contribution in [-0.2, 0) is 11.2 Å². The number of rotatable bonds is 5. The molecule has 1 amide bonds. The Bertz CT molecular complexity index is 459. The zero-order chi connectivity index (χ0) is 13.1. The maximum Gasteiger partial charge on any atom is 0.232 e. The highest BCUT2D eigenvalue weighted by Crippen LogP contribution is 2.39. The summed E-state index contributed by atoms with van der Waals surface area (Å²) in [6.07, 6.45) is 3.74. The van der Waals surface area contributed by atoms with Gasteiger partial charge in [-0.05, 0) is 55.5 Å². The molecule has 1 aliphatic rings. The van der Waals surface area contributed by atoms with Crippen LogP contribution >= 0.6 is 11.6 Å². The molecule has 0 bridgehead atoms. The molecule has 4 heteroatoms. The van der Waals surface area contributed by atoms with Crippen LogP contribution in [0.1, 0.15) is 43.2 Å². The molecule has 1 heterocycles. The summed E-state index contributed by atoms with van der Waals surface area (Å²) in [5.74, 6) is 0.0433. The number of unbranched alkanes of at least 4 members (excludes halogenated alkanes) is 1. The minimum Gasteiger partial charge on any atom is -0.330 e. The molecule has 0 spiro atoms. The summed E-state index contributed by atoms with van der Waals surface area (Å²) in [4.78, 5) is 11.9. The first kappa shape index (κ1) is 13.4. The first-order chi connectivity index (χ1) is 8.67. The summed E-state index contributed by atoms with van der Waals surface area (Å²) < 4.78 is 0. The molecule has 2 rings (SSSR count). The maximum absolute atomic E-state index is 11.9. The number of hydrogen-bond donors (Lipinski definition) is 2. The van der Waals surface area contributed by atoms with E-state index < -0.39 is 0 Å². The number of halogens is 1. The van der Waals surface area contributed by atoms with Gasteiger partial charge < -0.3 is 11.1 Å². The minimum absolute atomic E-state index is 0.0491. The summed E-state index contributed by atoms with van der Waals surface area (Å²) in [7, 11) is 0. The highest BCUT2D eigenvalue weighted by atomic mass is 35.5. The summed E-state index contributed by atoms with van der Waals surface area (Å²) in [5.41, 5.74) is 8.67.